The van der Waals surface area contributed by atoms with Gasteiger partial charge in [-0.3, -0.25) is 0 Å². The van der Waals surface area contributed by atoms with Crippen molar-refractivity contribution in [2.45, 2.75) is 18.4 Å². The lowest BCUT2D eigenvalue weighted by Gasteiger charge is -2.11. The highest BCUT2D eigenvalue weighted by Gasteiger charge is 2.42. The second-order valence-electron chi connectivity index (χ2n) is 3.41. The van der Waals surface area contributed by atoms with Gasteiger partial charge in [0.05, 0.1) is 4.47 Å². The van der Waals surface area contributed by atoms with Crippen LogP contribution in [0, 0.1) is 11.6 Å². The SMILES string of the molecule is NC1(c2cc(F)cc(Br)c2F)CC1. The van der Waals surface area contributed by atoms with Crippen LogP contribution < -0.4 is 5.73 Å². The Morgan fingerprint density at radius 1 is 1.31 bits per heavy atom. The standard InChI is InChI=1S/C9H8BrF2N/c10-7-4-5(11)3-6(8(7)12)9(13)1-2-9/h3-4H,1-2,13H2. The zero-order valence-electron chi connectivity index (χ0n) is 6.78. The summed E-state index contributed by atoms with van der Waals surface area (Å²) >= 11 is 2.95. The van der Waals surface area contributed by atoms with Crippen molar-refractivity contribution < 1.29 is 8.78 Å². The van der Waals surface area contributed by atoms with Crippen molar-refractivity contribution in [2.75, 3.05) is 0 Å². The van der Waals surface area contributed by atoms with Crippen molar-refractivity contribution in [1.82, 2.24) is 0 Å². The van der Waals surface area contributed by atoms with Gasteiger partial charge in [-0.2, -0.15) is 0 Å². The summed E-state index contributed by atoms with van der Waals surface area (Å²) in [7, 11) is 0. The lowest BCUT2D eigenvalue weighted by atomic mass is 10.1. The first-order valence-corrected chi connectivity index (χ1v) is 4.76. The molecule has 0 heterocycles. The summed E-state index contributed by atoms with van der Waals surface area (Å²) in [6.45, 7) is 0. The predicted molar refractivity (Wildman–Crippen MR) is 49.2 cm³/mol. The molecule has 0 aliphatic heterocycles. The van der Waals surface area contributed by atoms with Crippen LogP contribution in [0.25, 0.3) is 0 Å². The van der Waals surface area contributed by atoms with E-state index in [2.05, 4.69) is 15.9 Å². The van der Waals surface area contributed by atoms with E-state index >= 15 is 0 Å². The predicted octanol–water partition coefficient (Wildman–Crippen LogP) is 2.68. The van der Waals surface area contributed by atoms with Crippen LogP contribution in [0.15, 0.2) is 16.6 Å². The van der Waals surface area contributed by atoms with Crippen LogP contribution in [0.1, 0.15) is 18.4 Å². The minimum atomic E-state index is -0.630. The second kappa shape index (κ2) is 2.75. The minimum Gasteiger partial charge on any atom is -0.321 e. The van der Waals surface area contributed by atoms with E-state index in [9.17, 15) is 8.78 Å². The fraction of sp³-hybridized carbons (Fsp3) is 0.333. The van der Waals surface area contributed by atoms with Crippen LogP contribution in [0.5, 0.6) is 0 Å². The topological polar surface area (TPSA) is 26.0 Å². The van der Waals surface area contributed by atoms with Gasteiger partial charge >= 0.3 is 0 Å². The molecule has 4 heteroatoms. The molecule has 1 fully saturated rings. The fourth-order valence-electron chi connectivity index (χ4n) is 1.32. The van der Waals surface area contributed by atoms with Crippen LogP contribution >= 0.6 is 15.9 Å². The summed E-state index contributed by atoms with van der Waals surface area (Å²) in [5, 5.41) is 0. The smallest absolute Gasteiger partial charge is 0.142 e. The zero-order chi connectivity index (χ0) is 9.64. The molecule has 0 bridgehead atoms. The van der Waals surface area contributed by atoms with Crippen LogP contribution in [-0.4, -0.2) is 0 Å². The fourth-order valence-corrected chi connectivity index (χ4v) is 1.75. The second-order valence-corrected chi connectivity index (χ2v) is 4.26. The first-order valence-electron chi connectivity index (χ1n) is 3.97. The zero-order valence-corrected chi connectivity index (χ0v) is 8.37. The molecule has 70 valence electrons. The van der Waals surface area contributed by atoms with E-state index < -0.39 is 17.2 Å². The number of rotatable bonds is 1. The molecule has 0 amide bonds. The van der Waals surface area contributed by atoms with E-state index in [1.165, 1.54) is 6.07 Å². The van der Waals surface area contributed by atoms with E-state index in [1.807, 2.05) is 0 Å². The first-order chi connectivity index (χ1) is 6.03. The molecule has 0 unspecified atom stereocenters. The highest BCUT2D eigenvalue weighted by Crippen LogP contribution is 2.44. The third kappa shape index (κ3) is 1.48. The molecule has 1 aliphatic carbocycles. The van der Waals surface area contributed by atoms with Crippen LogP contribution in [0.2, 0.25) is 0 Å². The van der Waals surface area contributed by atoms with Gasteiger partial charge in [-0.25, -0.2) is 8.78 Å². The summed E-state index contributed by atoms with van der Waals surface area (Å²) in [6.07, 6.45) is 1.44. The summed E-state index contributed by atoms with van der Waals surface area (Å²) in [4.78, 5) is 0. The van der Waals surface area contributed by atoms with Gasteiger partial charge < -0.3 is 5.73 Å². The summed E-state index contributed by atoms with van der Waals surface area (Å²) in [6, 6.07) is 2.28. The monoisotopic (exact) mass is 247 g/mol. The average Bonchev–Trinajstić information content (AvgIpc) is 2.77. The van der Waals surface area contributed by atoms with Gasteiger partial charge in [-0.15, -0.1) is 0 Å². The largest absolute Gasteiger partial charge is 0.321 e. The number of hydrogen-bond donors (Lipinski definition) is 1. The summed E-state index contributed by atoms with van der Waals surface area (Å²) < 4.78 is 26.5. The number of nitrogens with two attached hydrogens (primary N) is 1. The normalized spacial score (nSPS) is 18.8. The van der Waals surface area contributed by atoms with E-state index in [0.29, 0.717) is 0 Å². The van der Waals surface area contributed by atoms with E-state index in [4.69, 9.17) is 5.73 Å². The molecule has 0 spiro atoms. The molecule has 1 aromatic carbocycles. The Labute approximate surface area is 83.1 Å². The Balaban J connectivity index is 2.56. The van der Waals surface area contributed by atoms with Crippen molar-refractivity contribution in [1.29, 1.82) is 0 Å². The molecule has 0 aromatic heterocycles. The van der Waals surface area contributed by atoms with Crippen LogP contribution in [-0.2, 0) is 5.54 Å². The molecule has 0 atom stereocenters. The van der Waals surface area contributed by atoms with Crippen molar-refractivity contribution in [3.63, 3.8) is 0 Å². The molecule has 1 nitrogen and oxygen atoms in total. The summed E-state index contributed by atoms with van der Waals surface area (Å²) in [5.74, 6) is -0.901. The lowest BCUT2D eigenvalue weighted by molar-refractivity contribution is 0.553. The van der Waals surface area contributed by atoms with E-state index in [1.54, 1.807) is 0 Å². The Morgan fingerprint density at radius 3 is 2.46 bits per heavy atom. The van der Waals surface area contributed by atoms with Crippen molar-refractivity contribution in [3.05, 3.63) is 33.8 Å². The van der Waals surface area contributed by atoms with Gasteiger partial charge in [0, 0.05) is 11.1 Å². The molecule has 2 rings (SSSR count). The molecule has 0 saturated heterocycles. The maximum atomic E-state index is 13.4. The van der Waals surface area contributed by atoms with E-state index in [0.717, 1.165) is 18.9 Å². The van der Waals surface area contributed by atoms with Gasteiger partial charge in [0.25, 0.3) is 0 Å². The van der Waals surface area contributed by atoms with Gasteiger partial charge in [0.15, 0.2) is 0 Å². The number of hydrogen-bond acceptors (Lipinski definition) is 1. The Bertz CT molecular complexity index is 361. The van der Waals surface area contributed by atoms with Gasteiger partial charge in [0.2, 0.25) is 0 Å². The number of benzene rings is 1. The van der Waals surface area contributed by atoms with Crippen molar-refractivity contribution in [2.24, 2.45) is 5.73 Å². The van der Waals surface area contributed by atoms with Crippen molar-refractivity contribution in [3.8, 4) is 0 Å². The average molecular weight is 248 g/mol. The maximum Gasteiger partial charge on any atom is 0.142 e. The molecule has 1 aromatic rings. The quantitative estimate of drug-likeness (QED) is 0.759. The highest BCUT2D eigenvalue weighted by atomic mass is 79.9. The third-order valence-corrected chi connectivity index (χ3v) is 2.90. The molecule has 1 aliphatic rings. The van der Waals surface area contributed by atoms with Crippen molar-refractivity contribution >= 4 is 15.9 Å². The molecular formula is C9H8BrF2N. The number of halogens is 3. The van der Waals surface area contributed by atoms with Crippen LogP contribution in [0.3, 0.4) is 0 Å². The summed E-state index contributed by atoms with van der Waals surface area (Å²) in [5.41, 5.74) is 5.43. The Hall–Kier alpha value is -0.480. The maximum absolute atomic E-state index is 13.4. The van der Waals surface area contributed by atoms with Gasteiger partial charge in [0.1, 0.15) is 11.6 Å². The molecule has 2 N–H and O–H groups in total. The molecule has 13 heavy (non-hydrogen) atoms. The van der Waals surface area contributed by atoms with E-state index in [-0.39, 0.29) is 10.0 Å². The molecule has 1 saturated carbocycles. The highest BCUT2D eigenvalue weighted by molar-refractivity contribution is 9.10. The molecule has 0 radical (unpaired) electrons. The lowest BCUT2D eigenvalue weighted by Crippen LogP contribution is -2.20. The Kier molecular flexibility index (Phi) is 1.92. The minimum absolute atomic E-state index is 0.138. The van der Waals surface area contributed by atoms with Gasteiger partial charge in [-0.05, 0) is 40.9 Å². The van der Waals surface area contributed by atoms with Crippen LogP contribution in [0.4, 0.5) is 8.78 Å². The third-order valence-electron chi connectivity index (χ3n) is 2.32. The Morgan fingerprint density at radius 2 is 1.92 bits per heavy atom. The first kappa shape index (κ1) is 9.09. The molecular weight excluding hydrogens is 240 g/mol. The van der Waals surface area contributed by atoms with Gasteiger partial charge in [-0.1, -0.05) is 0 Å².